The van der Waals surface area contributed by atoms with Gasteiger partial charge in [0.2, 0.25) is 0 Å². The molecule has 2 heterocycles. The average Bonchev–Trinajstić information content (AvgIpc) is 2.92. The SMILES string of the molecule is Clc1ccc([C@H]2NN=C3c4ccccc4OC[C@@H]32)cc1. The Morgan fingerprint density at radius 3 is 2.75 bits per heavy atom. The van der Waals surface area contributed by atoms with Gasteiger partial charge in [-0.25, -0.2) is 0 Å². The lowest BCUT2D eigenvalue weighted by Gasteiger charge is -2.26. The molecule has 2 aliphatic rings. The summed E-state index contributed by atoms with van der Waals surface area (Å²) in [6.45, 7) is 0.649. The van der Waals surface area contributed by atoms with Crippen molar-refractivity contribution in [1.29, 1.82) is 0 Å². The van der Waals surface area contributed by atoms with Gasteiger partial charge in [0.1, 0.15) is 5.75 Å². The molecule has 2 aliphatic heterocycles. The normalized spacial score (nSPS) is 23.1. The van der Waals surface area contributed by atoms with Gasteiger partial charge in [0, 0.05) is 10.6 Å². The monoisotopic (exact) mass is 284 g/mol. The topological polar surface area (TPSA) is 33.6 Å². The van der Waals surface area contributed by atoms with Gasteiger partial charge in [0.25, 0.3) is 0 Å². The highest BCUT2D eigenvalue weighted by Crippen LogP contribution is 2.37. The van der Waals surface area contributed by atoms with E-state index in [1.807, 2.05) is 42.5 Å². The fraction of sp³-hybridized carbons (Fsp3) is 0.188. The smallest absolute Gasteiger partial charge is 0.128 e. The number of nitrogens with zero attached hydrogens (tertiary/aromatic N) is 1. The lowest BCUT2D eigenvalue weighted by atomic mass is 9.86. The first-order chi connectivity index (χ1) is 9.83. The summed E-state index contributed by atoms with van der Waals surface area (Å²) in [5.41, 5.74) is 6.60. The number of nitrogens with one attached hydrogen (secondary N) is 1. The van der Waals surface area contributed by atoms with Gasteiger partial charge in [-0.2, -0.15) is 5.10 Å². The van der Waals surface area contributed by atoms with Gasteiger partial charge in [0.05, 0.1) is 24.3 Å². The Morgan fingerprint density at radius 1 is 1.10 bits per heavy atom. The van der Waals surface area contributed by atoms with Gasteiger partial charge in [-0.3, -0.25) is 0 Å². The number of benzene rings is 2. The summed E-state index contributed by atoms with van der Waals surface area (Å²) in [4.78, 5) is 0. The Kier molecular flexibility index (Phi) is 2.67. The maximum atomic E-state index is 5.95. The molecule has 0 unspecified atom stereocenters. The molecule has 2 aromatic carbocycles. The van der Waals surface area contributed by atoms with E-state index in [-0.39, 0.29) is 12.0 Å². The molecule has 0 amide bonds. The van der Waals surface area contributed by atoms with Gasteiger partial charge in [-0.05, 0) is 29.8 Å². The van der Waals surface area contributed by atoms with Crippen molar-refractivity contribution in [2.24, 2.45) is 11.0 Å². The molecule has 4 heteroatoms. The highest BCUT2D eigenvalue weighted by Gasteiger charge is 2.38. The van der Waals surface area contributed by atoms with Crippen LogP contribution in [-0.4, -0.2) is 12.3 Å². The van der Waals surface area contributed by atoms with Gasteiger partial charge < -0.3 is 10.2 Å². The second-order valence-electron chi connectivity index (χ2n) is 5.07. The van der Waals surface area contributed by atoms with Crippen LogP contribution in [0.4, 0.5) is 0 Å². The van der Waals surface area contributed by atoms with Gasteiger partial charge >= 0.3 is 0 Å². The van der Waals surface area contributed by atoms with Gasteiger partial charge in [0.15, 0.2) is 0 Å². The minimum Gasteiger partial charge on any atom is -0.492 e. The van der Waals surface area contributed by atoms with Crippen molar-refractivity contribution in [3.05, 3.63) is 64.7 Å². The van der Waals surface area contributed by atoms with Crippen LogP contribution in [0.15, 0.2) is 53.6 Å². The number of hydrogen-bond acceptors (Lipinski definition) is 3. The summed E-state index contributed by atoms with van der Waals surface area (Å²) >= 11 is 5.95. The molecule has 0 bridgehead atoms. The van der Waals surface area contributed by atoms with Crippen LogP contribution in [0.25, 0.3) is 0 Å². The second-order valence-corrected chi connectivity index (χ2v) is 5.51. The Labute approximate surface area is 122 Å². The molecule has 2 atom stereocenters. The number of hydrogen-bond donors (Lipinski definition) is 1. The molecular weight excluding hydrogens is 272 g/mol. The van der Waals surface area contributed by atoms with E-state index in [9.17, 15) is 0 Å². The zero-order valence-electron chi connectivity index (χ0n) is 10.7. The third kappa shape index (κ3) is 1.78. The van der Waals surface area contributed by atoms with Crippen LogP contribution in [0.3, 0.4) is 0 Å². The first-order valence-electron chi connectivity index (χ1n) is 6.64. The Morgan fingerprint density at radius 2 is 1.90 bits per heavy atom. The third-order valence-electron chi connectivity index (χ3n) is 3.89. The molecule has 2 aromatic rings. The molecule has 0 radical (unpaired) electrons. The number of rotatable bonds is 1. The zero-order valence-corrected chi connectivity index (χ0v) is 11.5. The Balaban J connectivity index is 1.69. The summed E-state index contributed by atoms with van der Waals surface area (Å²) in [5, 5.41) is 5.28. The minimum absolute atomic E-state index is 0.149. The average molecular weight is 285 g/mol. The molecule has 0 saturated heterocycles. The van der Waals surface area contributed by atoms with E-state index in [1.54, 1.807) is 0 Å². The van der Waals surface area contributed by atoms with Crippen molar-refractivity contribution >= 4 is 17.3 Å². The van der Waals surface area contributed by atoms with Crippen LogP contribution < -0.4 is 10.2 Å². The zero-order chi connectivity index (χ0) is 13.5. The summed E-state index contributed by atoms with van der Waals surface area (Å²) < 4.78 is 5.87. The predicted octanol–water partition coefficient (Wildman–Crippen LogP) is 3.40. The quantitative estimate of drug-likeness (QED) is 0.871. The van der Waals surface area contributed by atoms with E-state index in [2.05, 4.69) is 16.6 Å². The first-order valence-corrected chi connectivity index (χ1v) is 7.01. The fourth-order valence-electron chi connectivity index (χ4n) is 2.87. The molecule has 4 rings (SSSR count). The van der Waals surface area contributed by atoms with Crippen LogP contribution in [0, 0.1) is 5.92 Å². The molecule has 20 heavy (non-hydrogen) atoms. The summed E-state index contributed by atoms with van der Waals surface area (Å²) in [6.07, 6.45) is 0. The number of ether oxygens (including phenoxy) is 1. The van der Waals surface area contributed by atoms with Crippen molar-refractivity contribution in [2.45, 2.75) is 6.04 Å². The standard InChI is InChI=1S/C16H13ClN2O/c17-11-7-5-10(6-8-11)15-13-9-20-14-4-2-1-3-12(14)16(13)19-18-15/h1-8,13,15,18H,9H2/t13-,15-/m1/s1. The van der Waals surface area contributed by atoms with Gasteiger partial charge in [-0.1, -0.05) is 35.9 Å². The number of halogens is 1. The maximum Gasteiger partial charge on any atom is 0.128 e. The molecule has 0 aliphatic carbocycles. The summed E-state index contributed by atoms with van der Waals surface area (Å²) in [6, 6.07) is 16.1. The van der Waals surface area contributed by atoms with Crippen molar-refractivity contribution in [2.75, 3.05) is 6.61 Å². The van der Waals surface area contributed by atoms with E-state index in [0.717, 1.165) is 22.0 Å². The third-order valence-corrected chi connectivity index (χ3v) is 4.14. The number of para-hydroxylation sites is 1. The second kappa shape index (κ2) is 4.53. The maximum absolute atomic E-state index is 5.95. The first kappa shape index (κ1) is 11.8. The minimum atomic E-state index is 0.149. The van der Waals surface area contributed by atoms with Crippen molar-refractivity contribution < 1.29 is 4.74 Å². The molecule has 3 nitrogen and oxygen atoms in total. The van der Waals surface area contributed by atoms with E-state index in [0.29, 0.717) is 6.61 Å². The number of fused-ring (bicyclic) bond motifs is 3. The molecule has 0 saturated carbocycles. The predicted molar refractivity (Wildman–Crippen MR) is 79.3 cm³/mol. The Hall–Kier alpha value is -2.00. The molecule has 100 valence electrons. The van der Waals surface area contributed by atoms with Crippen molar-refractivity contribution in [3.8, 4) is 5.75 Å². The van der Waals surface area contributed by atoms with Crippen molar-refractivity contribution in [3.63, 3.8) is 0 Å². The number of hydrazone groups is 1. The van der Waals surface area contributed by atoms with E-state index >= 15 is 0 Å². The van der Waals surface area contributed by atoms with Crippen LogP contribution in [-0.2, 0) is 0 Å². The molecule has 0 aromatic heterocycles. The van der Waals surface area contributed by atoms with E-state index in [4.69, 9.17) is 16.3 Å². The van der Waals surface area contributed by atoms with E-state index in [1.165, 1.54) is 5.56 Å². The largest absolute Gasteiger partial charge is 0.492 e. The Bertz CT molecular complexity index is 681. The molecule has 0 fully saturated rings. The highest BCUT2D eigenvalue weighted by atomic mass is 35.5. The van der Waals surface area contributed by atoms with Crippen LogP contribution >= 0.6 is 11.6 Å². The van der Waals surface area contributed by atoms with Gasteiger partial charge in [-0.15, -0.1) is 0 Å². The molecule has 0 spiro atoms. The summed E-state index contributed by atoms with van der Waals surface area (Å²) in [7, 11) is 0. The van der Waals surface area contributed by atoms with E-state index < -0.39 is 0 Å². The van der Waals surface area contributed by atoms with Crippen LogP contribution in [0.1, 0.15) is 17.2 Å². The lowest BCUT2D eigenvalue weighted by molar-refractivity contribution is 0.254. The molecule has 1 N–H and O–H groups in total. The van der Waals surface area contributed by atoms with Crippen LogP contribution in [0.2, 0.25) is 5.02 Å². The van der Waals surface area contributed by atoms with Crippen LogP contribution in [0.5, 0.6) is 5.75 Å². The highest BCUT2D eigenvalue weighted by molar-refractivity contribution is 6.30. The summed E-state index contributed by atoms with van der Waals surface area (Å²) in [5.74, 6) is 1.16. The fourth-order valence-corrected chi connectivity index (χ4v) is 2.99. The lowest BCUT2D eigenvalue weighted by Crippen LogP contribution is -2.31. The molecular formula is C16H13ClN2O. The van der Waals surface area contributed by atoms with Crippen molar-refractivity contribution in [1.82, 2.24) is 5.43 Å².